The van der Waals surface area contributed by atoms with Crippen LogP contribution in [0.2, 0.25) is 0 Å². The van der Waals surface area contributed by atoms with E-state index in [1.165, 1.54) is 6.07 Å². The summed E-state index contributed by atoms with van der Waals surface area (Å²) in [5.41, 5.74) is 1.23. The first kappa shape index (κ1) is 12.7. The van der Waals surface area contributed by atoms with Gasteiger partial charge in [0.1, 0.15) is 5.82 Å². The lowest BCUT2D eigenvalue weighted by Crippen LogP contribution is -2.23. The third-order valence-electron chi connectivity index (χ3n) is 3.61. The van der Waals surface area contributed by atoms with Gasteiger partial charge in [0.05, 0.1) is 12.2 Å². The molecule has 0 spiro atoms. The summed E-state index contributed by atoms with van der Waals surface area (Å²) in [6.07, 6.45) is 5.97. The van der Waals surface area contributed by atoms with Gasteiger partial charge in [-0.2, -0.15) is 5.10 Å². The third kappa shape index (κ3) is 2.24. The minimum absolute atomic E-state index is 0.0827. The van der Waals surface area contributed by atoms with Crippen molar-refractivity contribution in [1.82, 2.24) is 14.8 Å². The van der Waals surface area contributed by atoms with Gasteiger partial charge in [-0.05, 0) is 25.0 Å². The topological polar surface area (TPSA) is 71.2 Å². The molecule has 1 atom stereocenters. The van der Waals surface area contributed by atoms with Crippen LogP contribution >= 0.6 is 0 Å². The number of anilines is 1. The van der Waals surface area contributed by atoms with E-state index >= 15 is 0 Å². The molecule has 1 fully saturated rings. The fraction of sp³-hybridized carbons (Fsp3) is 0.357. The van der Waals surface area contributed by atoms with Gasteiger partial charge in [-0.25, -0.2) is 9.78 Å². The Kier molecular flexibility index (Phi) is 3.14. The molecular formula is C14H16N4O2. The van der Waals surface area contributed by atoms with Crippen molar-refractivity contribution in [3.8, 4) is 0 Å². The van der Waals surface area contributed by atoms with Crippen LogP contribution < -0.4 is 4.90 Å². The van der Waals surface area contributed by atoms with Crippen molar-refractivity contribution in [2.75, 3.05) is 11.4 Å². The molecule has 0 radical (unpaired) electrons. The highest BCUT2D eigenvalue weighted by molar-refractivity contribution is 5.85. The largest absolute Gasteiger partial charge is 0.477 e. The van der Waals surface area contributed by atoms with E-state index in [1.54, 1.807) is 10.7 Å². The van der Waals surface area contributed by atoms with E-state index in [2.05, 4.69) is 15.0 Å². The van der Waals surface area contributed by atoms with Gasteiger partial charge in [0, 0.05) is 25.4 Å². The van der Waals surface area contributed by atoms with Gasteiger partial charge >= 0.3 is 5.97 Å². The Morgan fingerprint density at radius 1 is 1.45 bits per heavy atom. The highest BCUT2D eigenvalue weighted by atomic mass is 16.4. The number of nitrogens with zero attached hydrogens (tertiary/aromatic N) is 4. The van der Waals surface area contributed by atoms with Gasteiger partial charge in [0.2, 0.25) is 0 Å². The average molecular weight is 272 g/mol. The fourth-order valence-corrected chi connectivity index (χ4v) is 2.70. The number of carboxylic acid groups (broad SMARTS) is 1. The highest BCUT2D eigenvalue weighted by Crippen LogP contribution is 2.34. The van der Waals surface area contributed by atoms with Crippen molar-refractivity contribution in [3.63, 3.8) is 0 Å². The molecule has 6 heteroatoms. The van der Waals surface area contributed by atoms with E-state index in [0.29, 0.717) is 0 Å². The number of pyridine rings is 1. The van der Waals surface area contributed by atoms with E-state index < -0.39 is 5.97 Å². The molecule has 2 aromatic heterocycles. The second-order valence-electron chi connectivity index (χ2n) is 4.98. The molecule has 0 bridgehead atoms. The Morgan fingerprint density at radius 2 is 2.30 bits per heavy atom. The first-order valence-electron chi connectivity index (χ1n) is 6.60. The number of rotatable bonds is 3. The van der Waals surface area contributed by atoms with E-state index in [-0.39, 0.29) is 11.7 Å². The van der Waals surface area contributed by atoms with Gasteiger partial charge in [0.25, 0.3) is 0 Å². The Hall–Kier alpha value is -2.37. The summed E-state index contributed by atoms with van der Waals surface area (Å²) < 4.78 is 1.78. The number of hydrogen-bond donors (Lipinski definition) is 1. The zero-order valence-corrected chi connectivity index (χ0v) is 11.2. The van der Waals surface area contributed by atoms with Crippen LogP contribution in [0.1, 0.15) is 34.9 Å². The number of carbonyl (C=O) groups is 1. The van der Waals surface area contributed by atoms with Gasteiger partial charge in [-0.1, -0.05) is 6.07 Å². The van der Waals surface area contributed by atoms with E-state index in [1.807, 2.05) is 25.5 Å². The predicted molar refractivity (Wildman–Crippen MR) is 73.7 cm³/mol. The second-order valence-corrected chi connectivity index (χ2v) is 4.98. The maximum Gasteiger partial charge on any atom is 0.354 e. The molecule has 2 aromatic rings. The molecule has 1 aliphatic rings. The lowest BCUT2D eigenvalue weighted by molar-refractivity contribution is 0.0690. The Balaban J connectivity index is 1.92. The number of aromatic nitrogens is 3. The summed E-state index contributed by atoms with van der Waals surface area (Å²) in [6.45, 7) is 0.885. The third-order valence-corrected chi connectivity index (χ3v) is 3.61. The molecule has 3 heterocycles. The van der Waals surface area contributed by atoms with Gasteiger partial charge in [0.15, 0.2) is 5.69 Å². The van der Waals surface area contributed by atoms with Crippen molar-refractivity contribution < 1.29 is 9.90 Å². The summed E-state index contributed by atoms with van der Waals surface area (Å²) in [5.74, 6) is -0.278. The molecule has 1 N–H and O–H groups in total. The molecule has 0 aromatic carbocycles. The van der Waals surface area contributed by atoms with Crippen molar-refractivity contribution in [3.05, 3.63) is 41.9 Å². The summed E-state index contributed by atoms with van der Waals surface area (Å²) in [5, 5.41) is 13.3. The summed E-state index contributed by atoms with van der Waals surface area (Å²) >= 11 is 0. The van der Waals surface area contributed by atoms with Crippen molar-refractivity contribution in [1.29, 1.82) is 0 Å². The maximum atomic E-state index is 11.0. The standard InChI is InChI=1S/C14H16N4O2/c1-17-9-10(8-15-17)12-5-3-7-18(12)13-6-2-4-11(16-13)14(19)20/h2,4,6,8-9,12H,3,5,7H2,1H3,(H,19,20). The normalized spacial score (nSPS) is 18.4. The Bertz CT molecular complexity index is 638. The molecule has 1 saturated heterocycles. The minimum atomic E-state index is -0.996. The second kappa shape index (κ2) is 4.96. The molecule has 0 aliphatic carbocycles. The van der Waals surface area contributed by atoms with Crippen molar-refractivity contribution in [2.45, 2.75) is 18.9 Å². The predicted octanol–water partition coefficient (Wildman–Crippen LogP) is 1.85. The van der Waals surface area contributed by atoms with E-state index in [4.69, 9.17) is 5.11 Å². The van der Waals surface area contributed by atoms with Crippen molar-refractivity contribution in [2.24, 2.45) is 7.05 Å². The quantitative estimate of drug-likeness (QED) is 0.923. The zero-order chi connectivity index (χ0) is 14.1. The SMILES string of the molecule is Cn1cc(C2CCCN2c2cccc(C(=O)O)n2)cn1. The molecular weight excluding hydrogens is 256 g/mol. The summed E-state index contributed by atoms with van der Waals surface area (Å²) in [6, 6.07) is 5.34. The minimum Gasteiger partial charge on any atom is -0.477 e. The molecule has 3 rings (SSSR count). The van der Waals surface area contributed by atoms with Crippen LogP contribution in [0.15, 0.2) is 30.6 Å². The molecule has 20 heavy (non-hydrogen) atoms. The number of carboxylic acids is 1. The number of hydrogen-bond acceptors (Lipinski definition) is 4. The lowest BCUT2D eigenvalue weighted by atomic mass is 10.1. The first-order valence-corrected chi connectivity index (χ1v) is 6.60. The monoisotopic (exact) mass is 272 g/mol. The average Bonchev–Trinajstić information content (AvgIpc) is 3.07. The molecule has 1 aliphatic heterocycles. The van der Waals surface area contributed by atoms with Crippen LogP contribution in [0.3, 0.4) is 0 Å². The lowest BCUT2D eigenvalue weighted by Gasteiger charge is -2.25. The number of aromatic carboxylic acids is 1. The smallest absolute Gasteiger partial charge is 0.354 e. The molecule has 1 unspecified atom stereocenters. The Morgan fingerprint density at radius 3 is 3.00 bits per heavy atom. The summed E-state index contributed by atoms with van der Waals surface area (Å²) in [7, 11) is 1.89. The van der Waals surface area contributed by atoms with Crippen LogP contribution in [0, 0.1) is 0 Å². The number of aryl methyl sites for hydroxylation is 1. The summed E-state index contributed by atoms with van der Waals surface area (Å²) in [4.78, 5) is 17.4. The van der Waals surface area contributed by atoms with Crippen LogP contribution in [0.5, 0.6) is 0 Å². The first-order chi connectivity index (χ1) is 9.65. The van der Waals surface area contributed by atoms with Crippen LogP contribution in [0.4, 0.5) is 5.82 Å². The van der Waals surface area contributed by atoms with Gasteiger partial charge in [-0.15, -0.1) is 0 Å². The van der Waals surface area contributed by atoms with E-state index in [0.717, 1.165) is 30.8 Å². The maximum absolute atomic E-state index is 11.0. The molecule has 6 nitrogen and oxygen atoms in total. The van der Waals surface area contributed by atoms with Crippen LogP contribution in [-0.2, 0) is 7.05 Å². The van der Waals surface area contributed by atoms with Crippen molar-refractivity contribution >= 4 is 11.8 Å². The van der Waals surface area contributed by atoms with Crippen LogP contribution in [0.25, 0.3) is 0 Å². The molecule has 0 amide bonds. The van der Waals surface area contributed by atoms with Crippen LogP contribution in [-0.4, -0.2) is 32.4 Å². The highest BCUT2D eigenvalue weighted by Gasteiger charge is 2.28. The molecule has 104 valence electrons. The molecule has 0 saturated carbocycles. The van der Waals surface area contributed by atoms with Gasteiger partial charge in [-0.3, -0.25) is 4.68 Å². The fourth-order valence-electron chi connectivity index (χ4n) is 2.70. The van der Waals surface area contributed by atoms with E-state index in [9.17, 15) is 4.79 Å². The van der Waals surface area contributed by atoms with Gasteiger partial charge < -0.3 is 10.0 Å². The zero-order valence-electron chi connectivity index (χ0n) is 11.2. The Labute approximate surface area is 116 Å².